The molecule has 21 heavy (non-hydrogen) atoms. The van der Waals surface area contributed by atoms with Crippen molar-refractivity contribution in [2.24, 2.45) is 0 Å². The number of nitrogens with one attached hydrogen (secondary N) is 2. The molecule has 1 aromatic heterocycles. The molecule has 0 saturated heterocycles. The summed E-state index contributed by atoms with van der Waals surface area (Å²) in [5.41, 5.74) is 1.23. The Kier molecular flexibility index (Phi) is 4.19. The SMILES string of the molecule is O=C(Cc1c(F)cccc1Cl)Nc1nc2c(s1)CNCC2. The maximum Gasteiger partial charge on any atom is 0.230 e. The van der Waals surface area contributed by atoms with Crippen LogP contribution in [0.25, 0.3) is 0 Å². The molecule has 1 aliphatic heterocycles. The van der Waals surface area contributed by atoms with Gasteiger partial charge in [-0.2, -0.15) is 0 Å². The van der Waals surface area contributed by atoms with Crippen molar-refractivity contribution in [3.05, 3.63) is 45.2 Å². The number of amides is 1. The van der Waals surface area contributed by atoms with E-state index in [1.807, 2.05) is 0 Å². The molecule has 1 aromatic carbocycles. The zero-order chi connectivity index (χ0) is 14.8. The Balaban J connectivity index is 1.70. The highest BCUT2D eigenvalue weighted by molar-refractivity contribution is 7.15. The van der Waals surface area contributed by atoms with Gasteiger partial charge in [0.15, 0.2) is 5.13 Å². The van der Waals surface area contributed by atoms with E-state index in [0.29, 0.717) is 5.13 Å². The van der Waals surface area contributed by atoms with Crippen molar-refractivity contribution in [3.63, 3.8) is 0 Å². The summed E-state index contributed by atoms with van der Waals surface area (Å²) in [5, 5.41) is 6.78. The van der Waals surface area contributed by atoms with Gasteiger partial charge < -0.3 is 10.6 Å². The lowest BCUT2D eigenvalue weighted by Gasteiger charge is -2.09. The quantitative estimate of drug-likeness (QED) is 0.912. The van der Waals surface area contributed by atoms with Crippen molar-refractivity contribution >= 4 is 34.0 Å². The summed E-state index contributed by atoms with van der Waals surface area (Å²) < 4.78 is 13.6. The molecule has 0 fully saturated rings. The second-order valence-electron chi connectivity index (χ2n) is 4.74. The molecule has 7 heteroatoms. The highest BCUT2D eigenvalue weighted by atomic mass is 35.5. The number of nitrogens with zero attached hydrogens (tertiary/aromatic N) is 1. The third-order valence-electron chi connectivity index (χ3n) is 3.25. The van der Waals surface area contributed by atoms with Crippen molar-refractivity contribution in [3.8, 4) is 0 Å². The summed E-state index contributed by atoms with van der Waals surface area (Å²) in [6, 6.07) is 4.38. The number of fused-ring (bicyclic) bond motifs is 1. The number of anilines is 1. The first kappa shape index (κ1) is 14.4. The number of hydrogen-bond acceptors (Lipinski definition) is 4. The minimum atomic E-state index is -0.472. The Bertz CT molecular complexity index is 645. The molecule has 1 aliphatic rings. The Morgan fingerprint density at radius 2 is 2.38 bits per heavy atom. The molecule has 4 nitrogen and oxygen atoms in total. The molecule has 2 aromatic rings. The van der Waals surface area contributed by atoms with E-state index in [1.54, 1.807) is 6.07 Å². The Hall–Kier alpha value is -1.50. The van der Waals surface area contributed by atoms with Crippen LogP contribution in [0.2, 0.25) is 5.02 Å². The van der Waals surface area contributed by atoms with Crippen LogP contribution in [0.5, 0.6) is 0 Å². The molecule has 0 aliphatic carbocycles. The van der Waals surface area contributed by atoms with E-state index < -0.39 is 5.82 Å². The lowest BCUT2D eigenvalue weighted by Crippen LogP contribution is -2.22. The fraction of sp³-hybridized carbons (Fsp3) is 0.286. The van der Waals surface area contributed by atoms with Crippen LogP contribution in [0, 0.1) is 5.82 Å². The van der Waals surface area contributed by atoms with Crippen LogP contribution in [-0.2, 0) is 24.2 Å². The molecule has 1 amide bonds. The summed E-state index contributed by atoms with van der Waals surface area (Å²) in [5.74, 6) is -0.790. The van der Waals surface area contributed by atoms with Crippen LogP contribution >= 0.6 is 22.9 Å². The van der Waals surface area contributed by atoms with Crippen LogP contribution in [0.4, 0.5) is 9.52 Å². The second kappa shape index (κ2) is 6.09. The van der Waals surface area contributed by atoms with Crippen LogP contribution in [-0.4, -0.2) is 17.4 Å². The number of carbonyl (C=O) groups excluding carboxylic acids is 1. The standard InChI is InChI=1S/C14H13ClFN3OS/c15-9-2-1-3-10(16)8(9)6-13(20)19-14-18-11-4-5-17-7-12(11)21-14/h1-3,17H,4-7H2,(H,18,19,20). The topological polar surface area (TPSA) is 54.0 Å². The van der Waals surface area contributed by atoms with Gasteiger partial charge in [-0.1, -0.05) is 17.7 Å². The van der Waals surface area contributed by atoms with E-state index in [4.69, 9.17) is 11.6 Å². The van der Waals surface area contributed by atoms with Crippen molar-refractivity contribution < 1.29 is 9.18 Å². The average Bonchev–Trinajstić information content (AvgIpc) is 2.85. The van der Waals surface area contributed by atoms with Gasteiger partial charge in [-0.25, -0.2) is 9.37 Å². The zero-order valence-electron chi connectivity index (χ0n) is 11.1. The summed E-state index contributed by atoms with van der Waals surface area (Å²) in [6.07, 6.45) is 0.759. The normalized spacial score (nSPS) is 13.8. The third kappa shape index (κ3) is 3.23. The number of carbonyl (C=O) groups is 1. The maximum atomic E-state index is 13.6. The molecule has 110 valence electrons. The Morgan fingerprint density at radius 3 is 3.14 bits per heavy atom. The Labute approximate surface area is 130 Å². The minimum Gasteiger partial charge on any atom is -0.311 e. The van der Waals surface area contributed by atoms with Gasteiger partial charge in [0.1, 0.15) is 5.82 Å². The van der Waals surface area contributed by atoms with Crippen molar-refractivity contribution in [1.82, 2.24) is 10.3 Å². The molecule has 0 radical (unpaired) electrons. The van der Waals surface area contributed by atoms with Gasteiger partial charge in [0.05, 0.1) is 12.1 Å². The van der Waals surface area contributed by atoms with E-state index >= 15 is 0 Å². The number of thiazole rings is 1. The first-order chi connectivity index (χ1) is 10.1. The lowest BCUT2D eigenvalue weighted by atomic mass is 10.1. The first-order valence-electron chi connectivity index (χ1n) is 6.55. The van der Waals surface area contributed by atoms with E-state index in [2.05, 4.69) is 15.6 Å². The van der Waals surface area contributed by atoms with E-state index in [0.717, 1.165) is 30.1 Å². The number of rotatable bonds is 3. The van der Waals surface area contributed by atoms with E-state index in [1.165, 1.54) is 23.5 Å². The fourth-order valence-corrected chi connectivity index (χ4v) is 3.43. The monoisotopic (exact) mass is 325 g/mol. The zero-order valence-corrected chi connectivity index (χ0v) is 12.7. The van der Waals surface area contributed by atoms with Crippen LogP contribution in [0.1, 0.15) is 16.1 Å². The molecule has 0 bridgehead atoms. The fourth-order valence-electron chi connectivity index (χ4n) is 2.20. The number of aromatic nitrogens is 1. The maximum absolute atomic E-state index is 13.6. The highest BCUT2D eigenvalue weighted by Gasteiger charge is 2.17. The molecule has 0 atom stereocenters. The van der Waals surface area contributed by atoms with Crippen LogP contribution in [0.3, 0.4) is 0 Å². The predicted octanol–water partition coefficient (Wildman–Crippen LogP) is 2.76. The average molecular weight is 326 g/mol. The molecule has 2 heterocycles. The molecule has 0 unspecified atom stereocenters. The van der Waals surface area contributed by atoms with Gasteiger partial charge in [0, 0.05) is 35.0 Å². The molecule has 0 saturated carbocycles. The van der Waals surface area contributed by atoms with Crippen LogP contribution in [0.15, 0.2) is 18.2 Å². The summed E-state index contributed by atoms with van der Waals surface area (Å²) in [6.45, 7) is 1.68. The number of halogens is 2. The minimum absolute atomic E-state index is 0.103. The molecular formula is C14H13ClFN3OS. The molecular weight excluding hydrogens is 313 g/mol. The van der Waals surface area contributed by atoms with Gasteiger partial charge in [0.2, 0.25) is 5.91 Å². The van der Waals surface area contributed by atoms with Crippen molar-refractivity contribution in [2.45, 2.75) is 19.4 Å². The van der Waals surface area contributed by atoms with Gasteiger partial charge in [0.25, 0.3) is 0 Å². The number of benzene rings is 1. The van der Waals surface area contributed by atoms with Gasteiger partial charge >= 0.3 is 0 Å². The van der Waals surface area contributed by atoms with Crippen molar-refractivity contribution in [1.29, 1.82) is 0 Å². The predicted molar refractivity (Wildman–Crippen MR) is 81.3 cm³/mol. The second-order valence-corrected chi connectivity index (χ2v) is 6.23. The molecule has 2 N–H and O–H groups in total. The highest BCUT2D eigenvalue weighted by Crippen LogP contribution is 2.26. The summed E-state index contributed by atoms with van der Waals surface area (Å²) in [4.78, 5) is 17.6. The van der Waals surface area contributed by atoms with Crippen LogP contribution < -0.4 is 10.6 Å². The smallest absolute Gasteiger partial charge is 0.230 e. The Morgan fingerprint density at radius 1 is 1.52 bits per heavy atom. The van der Waals surface area contributed by atoms with E-state index in [-0.39, 0.29) is 22.9 Å². The lowest BCUT2D eigenvalue weighted by molar-refractivity contribution is -0.115. The first-order valence-corrected chi connectivity index (χ1v) is 7.75. The summed E-state index contributed by atoms with van der Waals surface area (Å²) >= 11 is 7.37. The van der Waals surface area contributed by atoms with Gasteiger partial charge in [-0.05, 0) is 12.1 Å². The molecule has 3 rings (SSSR count). The van der Waals surface area contributed by atoms with Crippen molar-refractivity contribution in [2.75, 3.05) is 11.9 Å². The summed E-state index contributed by atoms with van der Waals surface area (Å²) in [7, 11) is 0. The van der Waals surface area contributed by atoms with E-state index in [9.17, 15) is 9.18 Å². The third-order valence-corrected chi connectivity index (χ3v) is 4.61. The van der Waals surface area contributed by atoms with Gasteiger partial charge in [-0.15, -0.1) is 11.3 Å². The largest absolute Gasteiger partial charge is 0.311 e. The van der Waals surface area contributed by atoms with Gasteiger partial charge in [-0.3, -0.25) is 4.79 Å². The number of hydrogen-bond donors (Lipinski definition) is 2. The molecule has 0 spiro atoms.